The molecule has 25 heavy (non-hydrogen) atoms. The van der Waals surface area contributed by atoms with Gasteiger partial charge in [0.2, 0.25) is 5.91 Å². The summed E-state index contributed by atoms with van der Waals surface area (Å²) in [6, 6.07) is 10.0. The van der Waals surface area contributed by atoms with Crippen molar-refractivity contribution in [1.29, 1.82) is 0 Å². The molecule has 0 atom stereocenters. The Morgan fingerprint density at radius 1 is 0.960 bits per heavy atom. The number of hydrogen-bond acceptors (Lipinski definition) is 4. The largest absolute Gasteiger partial charge is 0.573 e. The van der Waals surface area contributed by atoms with E-state index >= 15 is 0 Å². The fourth-order valence-electron chi connectivity index (χ4n) is 2.08. The molecule has 0 saturated carbocycles. The highest BCUT2D eigenvalue weighted by Crippen LogP contribution is 2.26. The van der Waals surface area contributed by atoms with Crippen LogP contribution >= 0.6 is 0 Å². The van der Waals surface area contributed by atoms with Crippen LogP contribution in [-0.2, 0) is 11.2 Å². The van der Waals surface area contributed by atoms with Crippen LogP contribution in [0.1, 0.15) is 5.56 Å². The number of benzene rings is 2. The third-order valence-corrected chi connectivity index (χ3v) is 3.16. The van der Waals surface area contributed by atoms with Gasteiger partial charge in [-0.3, -0.25) is 4.79 Å². The molecule has 5 nitrogen and oxygen atoms in total. The first-order valence-electron chi connectivity index (χ1n) is 7.16. The number of methoxy groups -OCH3 is 2. The van der Waals surface area contributed by atoms with Gasteiger partial charge in [-0.05, 0) is 17.7 Å². The van der Waals surface area contributed by atoms with Crippen molar-refractivity contribution < 1.29 is 32.2 Å². The Kier molecular flexibility index (Phi) is 5.74. The number of halogens is 3. The molecule has 2 aromatic rings. The van der Waals surface area contributed by atoms with Crippen molar-refractivity contribution in [1.82, 2.24) is 0 Å². The maximum Gasteiger partial charge on any atom is 0.573 e. The summed E-state index contributed by atoms with van der Waals surface area (Å²) in [6.45, 7) is 0. The minimum absolute atomic E-state index is 0.00811. The minimum Gasteiger partial charge on any atom is -0.497 e. The number of hydrogen-bond donors (Lipinski definition) is 1. The van der Waals surface area contributed by atoms with E-state index in [4.69, 9.17) is 9.47 Å². The van der Waals surface area contributed by atoms with Crippen molar-refractivity contribution in [3.05, 3.63) is 48.0 Å². The van der Waals surface area contributed by atoms with Gasteiger partial charge in [0.25, 0.3) is 0 Å². The molecule has 0 fully saturated rings. The van der Waals surface area contributed by atoms with Crippen LogP contribution in [0.4, 0.5) is 18.9 Å². The van der Waals surface area contributed by atoms with Crippen LogP contribution in [0.15, 0.2) is 42.5 Å². The first kappa shape index (κ1) is 18.4. The molecular weight excluding hydrogens is 339 g/mol. The second kappa shape index (κ2) is 7.78. The quantitative estimate of drug-likeness (QED) is 0.857. The first-order chi connectivity index (χ1) is 11.8. The van der Waals surface area contributed by atoms with Crippen molar-refractivity contribution in [2.24, 2.45) is 0 Å². The van der Waals surface area contributed by atoms with E-state index in [0.717, 1.165) is 12.1 Å². The number of amides is 1. The van der Waals surface area contributed by atoms with E-state index in [1.165, 1.54) is 26.4 Å². The summed E-state index contributed by atoms with van der Waals surface area (Å²) in [5.74, 6) is 0.362. The van der Waals surface area contributed by atoms with E-state index in [1.54, 1.807) is 18.2 Å². The SMILES string of the molecule is COc1cc(NC(=O)Cc2ccc(OC(F)(F)F)cc2)cc(OC)c1. The smallest absolute Gasteiger partial charge is 0.497 e. The van der Waals surface area contributed by atoms with E-state index < -0.39 is 6.36 Å². The van der Waals surface area contributed by atoms with Gasteiger partial charge in [0.05, 0.1) is 20.6 Å². The van der Waals surface area contributed by atoms with Crippen LogP contribution in [0.2, 0.25) is 0 Å². The second-order valence-electron chi connectivity index (χ2n) is 5.02. The Bertz CT molecular complexity index is 707. The van der Waals surface area contributed by atoms with Gasteiger partial charge in [-0.1, -0.05) is 12.1 Å². The topological polar surface area (TPSA) is 56.8 Å². The lowest BCUT2D eigenvalue weighted by atomic mass is 10.1. The summed E-state index contributed by atoms with van der Waals surface area (Å²) in [7, 11) is 2.98. The van der Waals surface area contributed by atoms with E-state index in [1.807, 2.05) is 0 Å². The first-order valence-corrected chi connectivity index (χ1v) is 7.16. The third-order valence-electron chi connectivity index (χ3n) is 3.16. The number of carbonyl (C=O) groups is 1. The lowest BCUT2D eigenvalue weighted by molar-refractivity contribution is -0.274. The highest BCUT2D eigenvalue weighted by molar-refractivity contribution is 5.92. The maximum absolute atomic E-state index is 12.1. The summed E-state index contributed by atoms with van der Waals surface area (Å²) in [5.41, 5.74) is 1.03. The molecule has 0 aliphatic rings. The summed E-state index contributed by atoms with van der Waals surface area (Å²) in [5, 5.41) is 2.68. The molecule has 1 N–H and O–H groups in total. The summed E-state index contributed by atoms with van der Waals surface area (Å²) in [6.07, 6.45) is -4.75. The van der Waals surface area contributed by atoms with Gasteiger partial charge in [0.1, 0.15) is 17.2 Å². The zero-order valence-electron chi connectivity index (χ0n) is 13.5. The predicted octanol–water partition coefficient (Wildman–Crippen LogP) is 3.78. The Balaban J connectivity index is 2.00. The molecule has 8 heteroatoms. The van der Waals surface area contributed by atoms with Crippen LogP contribution in [-0.4, -0.2) is 26.5 Å². The van der Waals surface area contributed by atoms with Gasteiger partial charge in [0.15, 0.2) is 0 Å². The zero-order valence-corrected chi connectivity index (χ0v) is 13.5. The Morgan fingerprint density at radius 3 is 2.00 bits per heavy atom. The molecule has 0 heterocycles. The van der Waals surface area contributed by atoms with E-state index in [2.05, 4.69) is 10.1 Å². The van der Waals surface area contributed by atoms with Gasteiger partial charge >= 0.3 is 6.36 Å². The molecule has 0 aromatic heterocycles. The third kappa shape index (κ3) is 5.91. The Labute approximate surface area is 142 Å². The molecule has 0 saturated heterocycles. The number of rotatable bonds is 6. The second-order valence-corrected chi connectivity index (χ2v) is 5.02. The van der Waals surface area contributed by atoms with Crippen molar-refractivity contribution in [2.75, 3.05) is 19.5 Å². The molecule has 2 aromatic carbocycles. The lowest BCUT2D eigenvalue weighted by Crippen LogP contribution is -2.17. The van der Waals surface area contributed by atoms with Gasteiger partial charge in [-0.25, -0.2) is 0 Å². The predicted molar refractivity (Wildman–Crippen MR) is 85.0 cm³/mol. The molecule has 0 aliphatic heterocycles. The molecule has 0 bridgehead atoms. The Morgan fingerprint density at radius 2 is 1.52 bits per heavy atom. The number of ether oxygens (including phenoxy) is 3. The molecule has 1 amide bonds. The molecule has 0 aliphatic carbocycles. The van der Waals surface area contributed by atoms with E-state index in [9.17, 15) is 18.0 Å². The fraction of sp³-hybridized carbons (Fsp3) is 0.235. The molecule has 0 unspecified atom stereocenters. The fourth-order valence-corrected chi connectivity index (χ4v) is 2.08. The van der Waals surface area contributed by atoms with Gasteiger partial charge < -0.3 is 19.5 Å². The van der Waals surface area contributed by atoms with Crippen molar-refractivity contribution in [2.45, 2.75) is 12.8 Å². The lowest BCUT2D eigenvalue weighted by Gasteiger charge is -2.11. The van der Waals surface area contributed by atoms with Gasteiger partial charge in [0, 0.05) is 23.9 Å². The monoisotopic (exact) mass is 355 g/mol. The molecule has 0 spiro atoms. The van der Waals surface area contributed by atoms with Crippen molar-refractivity contribution >= 4 is 11.6 Å². The minimum atomic E-state index is -4.75. The van der Waals surface area contributed by atoms with E-state index in [0.29, 0.717) is 22.7 Å². The van der Waals surface area contributed by atoms with Gasteiger partial charge in [-0.2, -0.15) is 0 Å². The van der Waals surface area contributed by atoms with Crippen LogP contribution in [0, 0.1) is 0 Å². The standard InChI is InChI=1S/C17H16F3NO4/c1-23-14-8-12(9-15(10-14)24-2)21-16(22)7-11-3-5-13(6-4-11)25-17(18,19)20/h3-6,8-10H,7H2,1-2H3,(H,21,22). The number of carbonyl (C=O) groups excluding carboxylic acids is 1. The highest BCUT2D eigenvalue weighted by Gasteiger charge is 2.30. The maximum atomic E-state index is 12.1. The summed E-state index contributed by atoms with van der Waals surface area (Å²) < 4.78 is 50.3. The normalized spacial score (nSPS) is 10.9. The highest BCUT2D eigenvalue weighted by atomic mass is 19.4. The van der Waals surface area contributed by atoms with Crippen LogP contribution in [0.5, 0.6) is 17.2 Å². The van der Waals surface area contributed by atoms with Crippen molar-refractivity contribution in [3.63, 3.8) is 0 Å². The summed E-state index contributed by atoms with van der Waals surface area (Å²) in [4.78, 5) is 12.1. The Hall–Kier alpha value is -2.90. The molecular formula is C17H16F3NO4. The van der Waals surface area contributed by atoms with Crippen molar-refractivity contribution in [3.8, 4) is 17.2 Å². The van der Waals surface area contributed by atoms with Crippen LogP contribution < -0.4 is 19.5 Å². The molecule has 134 valence electrons. The van der Waals surface area contributed by atoms with Gasteiger partial charge in [-0.15, -0.1) is 13.2 Å². The average molecular weight is 355 g/mol. The average Bonchev–Trinajstić information content (AvgIpc) is 2.54. The molecule has 0 radical (unpaired) electrons. The molecule has 2 rings (SSSR count). The zero-order chi connectivity index (χ0) is 18.4. The van der Waals surface area contributed by atoms with E-state index in [-0.39, 0.29) is 18.1 Å². The van der Waals surface area contributed by atoms with Crippen LogP contribution in [0.25, 0.3) is 0 Å². The number of nitrogens with one attached hydrogen (secondary N) is 1. The summed E-state index contributed by atoms with van der Waals surface area (Å²) >= 11 is 0. The van der Waals surface area contributed by atoms with Crippen LogP contribution in [0.3, 0.4) is 0 Å². The number of alkyl halides is 3. The number of anilines is 1.